The normalized spacial score (nSPS) is 10.2. The number of aromatic nitrogens is 2. The van der Waals surface area contributed by atoms with Crippen LogP contribution in [-0.2, 0) is 4.74 Å². The Labute approximate surface area is 109 Å². The summed E-state index contributed by atoms with van der Waals surface area (Å²) in [7, 11) is 0. The van der Waals surface area contributed by atoms with Crippen LogP contribution in [0.3, 0.4) is 0 Å². The number of amides is 1. The molecule has 1 heterocycles. The third-order valence-electron chi connectivity index (χ3n) is 2.37. The van der Waals surface area contributed by atoms with Crippen molar-refractivity contribution in [3.8, 4) is 0 Å². The van der Waals surface area contributed by atoms with Gasteiger partial charge in [0.2, 0.25) is 5.95 Å². The molecule has 0 fully saturated rings. The number of primary amides is 1. The number of anilines is 2. The number of hydrogen-bond donors (Lipinski definition) is 4. The minimum absolute atomic E-state index is 0.152. The van der Waals surface area contributed by atoms with Crippen molar-refractivity contribution >= 4 is 28.8 Å². The van der Waals surface area contributed by atoms with E-state index in [0.717, 1.165) is 10.9 Å². The molecule has 0 radical (unpaired) electrons. The van der Waals surface area contributed by atoms with Crippen LogP contribution in [0.15, 0.2) is 24.3 Å². The number of nitrogens with zero attached hydrogens (tertiary/aromatic N) is 2. The Balaban J connectivity index is 2.18. The van der Waals surface area contributed by atoms with Crippen molar-refractivity contribution in [3.63, 3.8) is 0 Å². The number of fused-ring (bicyclic) bond motifs is 1. The molecule has 2 aromatic rings. The monoisotopic (exact) mass is 262 g/mol. The van der Waals surface area contributed by atoms with Gasteiger partial charge in [-0.15, -0.1) is 0 Å². The molecule has 1 aromatic heterocycles. The fourth-order valence-corrected chi connectivity index (χ4v) is 1.60. The van der Waals surface area contributed by atoms with Gasteiger partial charge in [-0.25, -0.2) is 15.6 Å². The molecule has 8 nitrogen and oxygen atoms in total. The number of para-hydroxylation sites is 1. The average Bonchev–Trinajstić information content (AvgIpc) is 2.42. The zero-order valence-electron chi connectivity index (χ0n) is 10.1. The van der Waals surface area contributed by atoms with Crippen LogP contribution in [0.5, 0.6) is 0 Å². The lowest BCUT2D eigenvalue weighted by Crippen LogP contribution is -2.19. The van der Waals surface area contributed by atoms with Crippen molar-refractivity contribution in [1.82, 2.24) is 9.97 Å². The maximum Gasteiger partial charge on any atom is 0.404 e. The molecular formula is C11H14N6O2. The van der Waals surface area contributed by atoms with Crippen LogP contribution in [0.25, 0.3) is 10.9 Å². The molecule has 0 aliphatic rings. The van der Waals surface area contributed by atoms with E-state index in [1.807, 2.05) is 24.3 Å². The van der Waals surface area contributed by atoms with Gasteiger partial charge in [-0.3, -0.25) is 5.43 Å². The van der Waals surface area contributed by atoms with Gasteiger partial charge in [0.05, 0.1) is 12.1 Å². The summed E-state index contributed by atoms with van der Waals surface area (Å²) < 4.78 is 4.62. The van der Waals surface area contributed by atoms with Crippen LogP contribution < -0.4 is 22.3 Å². The molecule has 8 heteroatoms. The number of hydrazine groups is 1. The fraction of sp³-hybridized carbons (Fsp3) is 0.182. The Morgan fingerprint density at radius 1 is 1.32 bits per heavy atom. The van der Waals surface area contributed by atoms with Crippen LogP contribution in [0, 0.1) is 0 Å². The van der Waals surface area contributed by atoms with Crippen LogP contribution in [0.4, 0.5) is 16.6 Å². The molecule has 0 spiro atoms. The summed E-state index contributed by atoms with van der Waals surface area (Å²) in [6.45, 7) is 0.535. The molecule has 100 valence electrons. The highest BCUT2D eigenvalue weighted by Gasteiger charge is 2.06. The lowest BCUT2D eigenvalue weighted by Gasteiger charge is -2.10. The quantitative estimate of drug-likeness (QED) is 0.349. The zero-order valence-corrected chi connectivity index (χ0v) is 10.1. The van der Waals surface area contributed by atoms with Gasteiger partial charge in [-0.2, -0.15) is 4.98 Å². The summed E-state index contributed by atoms with van der Waals surface area (Å²) in [6, 6.07) is 7.48. The lowest BCUT2D eigenvalue weighted by molar-refractivity contribution is 0.161. The van der Waals surface area contributed by atoms with Gasteiger partial charge in [0.25, 0.3) is 0 Å². The number of carbonyl (C=O) groups excluding carboxylic acids is 1. The van der Waals surface area contributed by atoms with Gasteiger partial charge in [0.15, 0.2) is 0 Å². The highest BCUT2D eigenvalue weighted by atomic mass is 16.5. The number of nitrogen functional groups attached to an aromatic ring is 1. The van der Waals surface area contributed by atoms with Crippen molar-refractivity contribution in [2.45, 2.75) is 0 Å². The minimum Gasteiger partial charge on any atom is -0.448 e. The Morgan fingerprint density at radius 3 is 2.84 bits per heavy atom. The molecule has 0 aliphatic heterocycles. The van der Waals surface area contributed by atoms with Gasteiger partial charge in [-0.05, 0) is 12.1 Å². The molecular weight excluding hydrogens is 248 g/mol. The number of rotatable bonds is 5. The van der Waals surface area contributed by atoms with Crippen molar-refractivity contribution in [2.75, 3.05) is 23.9 Å². The molecule has 0 unspecified atom stereocenters. The number of benzene rings is 1. The summed E-state index contributed by atoms with van der Waals surface area (Å²) in [5, 5.41) is 3.89. The summed E-state index contributed by atoms with van der Waals surface area (Å²) >= 11 is 0. The van der Waals surface area contributed by atoms with Gasteiger partial charge in [-0.1, -0.05) is 12.1 Å². The Bertz CT molecular complexity index is 588. The van der Waals surface area contributed by atoms with Crippen molar-refractivity contribution in [2.24, 2.45) is 11.6 Å². The smallest absolute Gasteiger partial charge is 0.404 e. The standard InChI is InChI=1S/C11H14N6O2/c12-10(18)19-6-5-14-9-7-3-1-2-4-8(7)15-11(16-9)17-13/h1-4H,5-6,13H2,(H2,12,18)(H2,14,15,16,17). The summed E-state index contributed by atoms with van der Waals surface area (Å²) in [5.41, 5.74) is 8.02. The van der Waals surface area contributed by atoms with E-state index in [0.29, 0.717) is 18.3 Å². The number of hydrogen-bond acceptors (Lipinski definition) is 7. The molecule has 0 saturated carbocycles. The number of nitrogens with two attached hydrogens (primary N) is 2. The first kappa shape index (κ1) is 12.8. The second-order valence-corrected chi connectivity index (χ2v) is 3.65. The second-order valence-electron chi connectivity index (χ2n) is 3.65. The number of nitrogens with one attached hydrogen (secondary N) is 2. The SMILES string of the molecule is NNc1nc(NCCOC(N)=O)c2ccccc2n1. The van der Waals surface area contributed by atoms with Crippen molar-refractivity contribution in [1.29, 1.82) is 0 Å². The highest BCUT2D eigenvalue weighted by Crippen LogP contribution is 2.21. The molecule has 0 saturated heterocycles. The Hall–Kier alpha value is -2.61. The van der Waals surface area contributed by atoms with Gasteiger partial charge < -0.3 is 15.8 Å². The third kappa shape index (κ3) is 3.19. The number of ether oxygens (including phenoxy) is 1. The minimum atomic E-state index is -0.807. The molecule has 1 aromatic carbocycles. The van der Waals surface area contributed by atoms with Crippen LogP contribution in [0.1, 0.15) is 0 Å². The van der Waals surface area contributed by atoms with Crippen molar-refractivity contribution in [3.05, 3.63) is 24.3 Å². The summed E-state index contributed by atoms with van der Waals surface area (Å²) in [5.74, 6) is 6.22. The average molecular weight is 262 g/mol. The van der Waals surface area contributed by atoms with Crippen molar-refractivity contribution < 1.29 is 9.53 Å². The molecule has 6 N–H and O–H groups in total. The first-order valence-corrected chi connectivity index (χ1v) is 5.60. The van der Waals surface area contributed by atoms with E-state index in [9.17, 15) is 4.79 Å². The Kier molecular flexibility index (Phi) is 3.94. The predicted molar refractivity (Wildman–Crippen MR) is 71.4 cm³/mol. The van der Waals surface area contributed by atoms with E-state index < -0.39 is 6.09 Å². The first-order valence-electron chi connectivity index (χ1n) is 5.60. The van der Waals surface area contributed by atoms with E-state index >= 15 is 0 Å². The van der Waals surface area contributed by atoms with E-state index in [-0.39, 0.29) is 6.61 Å². The summed E-state index contributed by atoms with van der Waals surface area (Å²) in [4.78, 5) is 18.9. The fourth-order valence-electron chi connectivity index (χ4n) is 1.60. The maximum absolute atomic E-state index is 10.4. The van der Waals surface area contributed by atoms with Gasteiger partial charge in [0, 0.05) is 5.39 Å². The molecule has 0 atom stereocenters. The van der Waals surface area contributed by atoms with E-state index in [2.05, 4.69) is 25.4 Å². The second kappa shape index (κ2) is 5.83. The number of carbonyl (C=O) groups is 1. The largest absolute Gasteiger partial charge is 0.448 e. The predicted octanol–water partition coefficient (Wildman–Crippen LogP) is 0.423. The van der Waals surface area contributed by atoms with E-state index in [1.54, 1.807) is 0 Å². The zero-order chi connectivity index (χ0) is 13.7. The first-order chi connectivity index (χ1) is 9.20. The Morgan fingerprint density at radius 2 is 2.11 bits per heavy atom. The topological polar surface area (TPSA) is 128 Å². The van der Waals surface area contributed by atoms with Crippen LogP contribution in [0.2, 0.25) is 0 Å². The lowest BCUT2D eigenvalue weighted by atomic mass is 10.2. The molecule has 0 bridgehead atoms. The van der Waals surface area contributed by atoms with E-state index in [1.165, 1.54) is 0 Å². The molecule has 2 rings (SSSR count). The molecule has 0 aliphatic carbocycles. The van der Waals surface area contributed by atoms with Gasteiger partial charge in [0.1, 0.15) is 12.4 Å². The molecule has 1 amide bonds. The molecule has 19 heavy (non-hydrogen) atoms. The van der Waals surface area contributed by atoms with Crippen LogP contribution >= 0.6 is 0 Å². The van der Waals surface area contributed by atoms with E-state index in [4.69, 9.17) is 11.6 Å². The van der Waals surface area contributed by atoms with Crippen LogP contribution in [-0.4, -0.2) is 29.2 Å². The van der Waals surface area contributed by atoms with Gasteiger partial charge >= 0.3 is 6.09 Å². The third-order valence-corrected chi connectivity index (χ3v) is 2.37. The highest BCUT2D eigenvalue weighted by molar-refractivity contribution is 5.89. The maximum atomic E-state index is 10.4. The summed E-state index contributed by atoms with van der Waals surface area (Å²) in [6.07, 6.45) is -0.807.